The fraction of sp³-hybridized carbons (Fsp3) is 0.263. The first kappa shape index (κ1) is 13.3. The summed E-state index contributed by atoms with van der Waals surface area (Å²) in [7, 11) is 2.10. The van der Waals surface area contributed by atoms with Gasteiger partial charge in [0.2, 0.25) is 0 Å². The zero-order chi connectivity index (χ0) is 15.4. The van der Waals surface area contributed by atoms with Crippen molar-refractivity contribution in [3.63, 3.8) is 0 Å². The highest BCUT2D eigenvalue weighted by atomic mass is 16.3. The van der Waals surface area contributed by atoms with Crippen molar-refractivity contribution >= 4 is 27.6 Å². The van der Waals surface area contributed by atoms with Crippen LogP contribution in [0.15, 0.2) is 47.1 Å². The van der Waals surface area contributed by atoms with Gasteiger partial charge in [0.05, 0.1) is 5.69 Å². The minimum absolute atomic E-state index is 0.290. The lowest BCUT2D eigenvalue weighted by molar-refractivity contribution is 0.383. The van der Waals surface area contributed by atoms with Crippen LogP contribution in [0.4, 0.5) is 5.69 Å². The van der Waals surface area contributed by atoms with Crippen molar-refractivity contribution in [1.29, 1.82) is 0 Å². The normalized spacial score (nSPS) is 18.1. The maximum absolute atomic E-state index is 6.30. The van der Waals surface area contributed by atoms with Gasteiger partial charge in [-0.15, -0.1) is 0 Å². The Morgan fingerprint density at radius 3 is 2.41 bits per heavy atom. The molecule has 1 aliphatic heterocycles. The van der Waals surface area contributed by atoms with Gasteiger partial charge < -0.3 is 14.2 Å². The van der Waals surface area contributed by atoms with Crippen LogP contribution in [-0.4, -0.2) is 18.1 Å². The van der Waals surface area contributed by atoms with Crippen molar-refractivity contribution in [1.82, 2.24) is 4.90 Å². The van der Waals surface area contributed by atoms with Gasteiger partial charge in [0, 0.05) is 30.2 Å². The molecule has 0 aliphatic carbocycles. The zero-order valence-corrected chi connectivity index (χ0v) is 13.4. The summed E-state index contributed by atoms with van der Waals surface area (Å²) < 4.78 is 6.30. The topological polar surface area (TPSA) is 19.6 Å². The molecule has 0 N–H and O–H groups in total. The van der Waals surface area contributed by atoms with Crippen LogP contribution in [-0.2, 0) is 0 Å². The molecular formula is C19H20N2O. The van der Waals surface area contributed by atoms with Gasteiger partial charge in [-0.3, -0.25) is 0 Å². The van der Waals surface area contributed by atoms with Gasteiger partial charge in [0.1, 0.15) is 11.7 Å². The van der Waals surface area contributed by atoms with Gasteiger partial charge in [-0.05, 0) is 31.9 Å². The minimum Gasteiger partial charge on any atom is -0.454 e. The molecule has 1 aliphatic rings. The molecule has 0 saturated carbocycles. The first-order valence-electron chi connectivity index (χ1n) is 7.68. The number of furan rings is 1. The Bertz CT molecular complexity index is 907. The van der Waals surface area contributed by atoms with E-state index in [0.29, 0.717) is 6.17 Å². The second-order valence-electron chi connectivity index (χ2n) is 6.16. The highest BCUT2D eigenvalue weighted by Crippen LogP contribution is 2.40. The number of rotatable bonds is 1. The van der Waals surface area contributed by atoms with Crippen molar-refractivity contribution in [3.05, 3.63) is 53.9 Å². The van der Waals surface area contributed by atoms with Gasteiger partial charge in [-0.25, -0.2) is 0 Å². The molecule has 0 saturated heterocycles. The molecular weight excluding hydrogens is 272 g/mol. The van der Waals surface area contributed by atoms with E-state index >= 15 is 0 Å². The van der Waals surface area contributed by atoms with Crippen LogP contribution in [0.3, 0.4) is 0 Å². The third kappa shape index (κ3) is 1.68. The van der Waals surface area contributed by atoms with Crippen LogP contribution in [0.5, 0.6) is 0 Å². The first-order chi connectivity index (χ1) is 10.6. The summed E-state index contributed by atoms with van der Waals surface area (Å²) in [5.41, 5.74) is 5.56. The van der Waals surface area contributed by atoms with E-state index in [1.807, 2.05) is 0 Å². The molecule has 3 heteroatoms. The number of anilines is 1. The third-order valence-corrected chi connectivity index (χ3v) is 4.75. The van der Waals surface area contributed by atoms with Crippen molar-refractivity contribution < 1.29 is 4.42 Å². The lowest BCUT2D eigenvalue weighted by atomic mass is 10.1. The maximum Gasteiger partial charge on any atom is 0.159 e. The summed E-state index contributed by atoms with van der Waals surface area (Å²) in [6.45, 7) is 6.45. The molecule has 2 heterocycles. The molecule has 1 atom stereocenters. The minimum atomic E-state index is 0.290. The van der Waals surface area contributed by atoms with E-state index in [-0.39, 0.29) is 0 Å². The Labute approximate surface area is 130 Å². The van der Waals surface area contributed by atoms with E-state index in [1.165, 1.54) is 27.6 Å². The highest BCUT2D eigenvalue weighted by Gasteiger charge is 2.25. The van der Waals surface area contributed by atoms with Gasteiger partial charge >= 0.3 is 0 Å². The van der Waals surface area contributed by atoms with E-state index in [1.54, 1.807) is 0 Å². The van der Waals surface area contributed by atoms with Crippen LogP contribution < -0.4 is 4.90 Å². The molecule has 0 fully saturated rings. The Hall–Kier alpha value is -2.42. The second kappa shape index (κ2) is 4.54. The van der Waals surface area contributed by atoms with Gasteiger partial charge in [0.25, 0.3) is 0 Å². The molecule has 2 aromatic carbocycles. The zero-order valence-electron chi connectivity index (χ0n) is 13.4. The van der Waals surface area contributed by atoms with E-state index in [9.17, 15) is 0 Å². The van der Waals surface area contributed by atoms with Gasteiger partial charge in [-0.2, -0.15) is 0 Å². The average molecular weight is 292 g/mol. The standard InChI is InChI=1S/C19H20N2O/c1-12-8-9-16-15-7-5-6-13(2)18(15)22-19(16)17(12)21-11-10-20(4)14(21)3/h5-11,14H,1-4H3. The second-order valence-corrected chi connectivity index (χ2v) is 6.16. The fourth-order valence-corrected chi connectivity index (χ4v) is 3.29. The Kier molecular flexibility index (Phi) is 2.73. The number of benzene rings is 2. The lowest BCUT2D eigenvalue weighted by Crippen LogP contribution is -2.33. The summed E-state index contributed by atoms with van der Waals surface area (Å²) >= 11 is 0. The SMILES string of the molecule is Cc1ccc2c(oc3c(C)cccc32)c1N1C=CN(C)C1C. The maximum atomic E-state index is 6.30. The number of fused-ring (bicyclic) bond motifs is 3. The smallest absolute Gasteiger partial charge is 0.159 e. The molecule has 0 bridgehead atoms. The van der Waals surface area contributed by atoms with Gasteiger partial charge in [-0.1, -0.05) is 30.3 Å². The van der Waals surface area contributed by atoms with E-state index < -0.39 is 0 Å². The third-order valence-electron chi connectivity index (χ3n) is 4.75. The summed E-state index contributed by atoms with van der Waals surface area (Å²) in [5.74, 6) is 0. The molecule has 112 valence electrons. The largest absolute Gasteiger partial charge is 0.454 e. The predicted molar refractivity (Wildman–Crippen MR) is 92.0 cm³/mol. The van der Waals surface area contributed by atoms with Crippen LogP contribution in [0.2, 0.25) is 0 Å². The first-order valence-corrected chi connectivity index (χ1v) is 7.68. The number of hydrogen-bond acceptors (Lipinski definition) is 3. The van der Waals surface area contributed by atoms with E-state index in [4.69, 9.17) is 4.42 Å². The highest BCUT2D eigenvalue weighted by molar-refractivity contribution is 6.10. The molecule has 22 heavy (non-hydrogen) atoms. The number of hydrogen-bond donors (Lipinski definition) is 0. The molecule has 0 radical (unpaired) electrons. The van der Waals surface area contributed by atoms with Crippen LogP contribution >= 0.6 is 0 Å². The molecule has 3 nitrogen and oxygen atoms in total. The molecule has 4 rings (SSSR count). The number of para-hydroxylation sites is 1. The molecule has 1 aromatic heterocycles. The van der Waals surface area contributed by atoms with Crippen LogP contribution in [0.25, 0.3) is 21.9 Å². The molecule has 1 unspecified atom stereocenters. The number of aryl methyl sites for hydroxylation is 2. The van der Waals surface area contributed by atoms with E-state index in [2.05, 4.69) is 80.4 Å². The van der Waals surface area contributed by atoms with Crippen LogP contribution in [0, 0.1) is 13.8 Å². The molecule has 0 spiro atoms. The van der Waals surface area contributed by atoms with Crippen LogP contribution in [0.1, 0.15) is 18.1 Å². The van der Waals surface area contributed by atoms with Gasteiger partial charge in [0.15, 0.2) is 5.58 Å². The monoisotopic (exact) mass is 292 g/mol. The van der Waals surface area contributed by atoms with Crippen molar-refractivity contribution in [2.24, 2.45) is 0 Å². The van der Waals surface area contributed by atoms with Crippen molar-refractivity contribution in [2.75, 3.05) is 11.9 Å². The Morgan fingerprint density at radius 2 is 1.68 bits per heavy atom. The Morgan fingerprint density at radius 1 is 0.909 bits per heavy atom. The molecule has 3 aromatic rings. The predicted octanol–water partition coefficient (Wildman–Crippen LogP) is 4.77. The summed E-state index contributed by atoms with van der Waals surface area (Å²) in [4.78, 5) is 4.49. The van der Waals surface area contributed by atoms with Crippen molar-refractivity contribution in [3.8, 4) is 0 Å². The Balaban J connectivity index is 2.06. The fourth-order valence-electron chi connectivity index (χ4n) is 3.29. The number of nitrogens with zero attached hydrogens (tertiary/aromatic N) is 2. The lowest BCUT2D eigenvalue weighted by Gasteiger charge is -2.28. The molecule has 0 amide bonds. The summed E-state index contributed by atoms with van der Waals surface area (Å²) in [5, 5.41) is 2.38. The quantitative estimate of drug-likeness (QED) is 0.644. The summed E-state index contributed by atoms with van der Waals surface area (Å²) in [6.07, 6.45) is 4.53. The van der Waals surface area contributed by atoms with Crippen molar-refractivity contribution in [2.45, 2.75) is 26.9 Å². The summed E-state index contributed by atoms with van der Waals surface area (Å²) in [6, 6.07) is 10.7. The van der Waals surface area contributed by atoms with E-state index in [0.717, 1.165) is 11.2 Å². The average Bonchev–Trinajstić information content (AvgIpc) is 3.03.